The van der Waals surface area contributed by atoms with Crippen LogP contribution < -0.4 is 10.2 Å². The molecule has 12 heteroatoms. The van der Waals surface area contributed by atoms with Crippen LogP contribution in [0.4, 0.5) is 10.6 Å². The number of nitrogens with zero attached hydrogens (tertiary/aromatic N) is 5. The molecule has 2 N–H and O–H groups in total. The number of piperidine rings is 1. The number of unbranched alkanes of at least 4 members (excludes halogenated alkanes) is 1. The average molecular weight is 593 g/mol. The fourth-order valence-electron chi connectivity index (χ4n) is 6.01. The van der Waals surface area contributed by atoms with E-state index in [2.05, 4.69) is 10.3 Å². The van der Waals surface area contributed by atoms with E-state index in [4.69, 9.17) is 9.72 Å². The number of anilines is 1. The standard InChI is InChI=1S/C31H40N6O6/c1-3-5-16-43-31(42)36-14-12-35(13-15-36)29(39)23(9-4-2)33-28(38)24-17-25(34-27(32-24)20-10-7-6-8-11-20)37-18-21-22(19-37)26(21)30(40)41/h6-8,10-11,17,21-23,26H,3-5,9,12-16,18-19H2,1-2H3,(H,33,38)(H,40,41)/t21-,22+,23-,26?/m0/s1. The maximum Gasteiger partial charge on any atom is 0.409 e. The molecular weight excluding hydrogens is 552 g/mol. The summed E-state index contributed by atoms with van der Waals surface area (Å²) >= 11 is 0. The van der Waals surface area contributed by atoms with Gasteiger partial charge in [-0.25, -0.2) is 14.8 Å². The minimum absolute atomic E-state index is 0.0788. The molecule has 5 rings (SSSR count). The van der Waals surface area contributed by atoms with Gasteiger partial charge in [-0.05, 0) is 24.7 Å². The van der Waals surface area contributed by atoms with Crippen molar-refractivity contribution in [1.82, 2.24) is 25.1 Å². The summed E-state index contributed by atoms with van der Waals surface area (Å²) in [5, 5.41) is 12.3. The highest BCUT2D eigenvalue weighted by Gasteiger charge is 2.60. The number of hydrogen-bond donors (Lipinski definition) is 2. The maximum atomic E-state index is 13.6. The van der Waals surface area contributed by atoms with E-state index in [9.17, 15) is 24.3 Å². The highest BCUT2D eigenvalue weighted by atomic mass is 16.6. The largest absolute Gasteiger partial charge is 0.481 e. The highest BCUT2D eigenvalue weighted by molar-refractivity contribution is 5.97. The molecule has 2 saturated heterocycles. The zero-order chi connectivity index (χ0) is 30.5. The molecule has 2 aromatic rings. The van der Waals surface area contributed by atoms with E-state index in [1.807, 2.05) is 49.1 Å². The summed E-state index contributed by atoms with van der Waals surface area (Å²) in [7, 11) is 0. The second-order valence-electron chi connectivity index (χ2n) is 11.5. The van der Waals surface area contributed by atoms with Crippen LogP contribution in [-0.4, -0.2) is 101 Å². The molecule has 1 aromatic heterocycles. The monoisotopic (exact) mass is 592 g/mol. The van der Waals surface area contributed by atoms with Crippen molar-refractivity contribution in [1.29, 1.82) is 0 Å². The van der Waals surface area contributed by atoms with Crippen LogP contribution in [0.3, 0.4) is 0 Å². The van der Waals surface area contributed by atoms with E-state index < -0.39 is 17.9 Å². The second kappa shape index (κ2) is 13.4. The predicted molar refractivity (Wildman–Crippen MR) is 158 cm³/mol. The third-order valence-corrected chi connectivity index (χ3v) is 8.53. The molecule has 0 bridgehead atoms. The van der Waals surface area contributed by atoms with E-state index in [-0.39, 0.29) is 35.4 Å². The number of aliphatic carboxylic acids is 1. The van der Waals surface area contributed by atoms with Crippen molar-refractivity contribution >= 4 is 29.7 Å². The minimum atomic E-state index is -0.762. The van der Waals surface area contributed by atoms with E-state index >= 15 is 0 Å². The molecule has 1 unspecified atom stereocenters. The second-order valence-corrected chi connectivity index (χ2v) is 11.5. The maximum absolute atomic E-state index is 13.6. The van der Waals surface area contributed by atoms with Crippen molar-refractivity contribution in [2.75, 3.05) is 50.8 Å². The number of fused-ring (bicyclic) bond motifs is 1. The van der Waals surface area contributed by atoms with Crippen LogP contribution >= 0.6 is 0 Å². The first-order chi connectivity index (χ1) is 20.8. The van der Waals surface area contributed by atoms with E-state index in [0.29, 0.717) is 70.4 Å². The van der Waals surface area contributed by atoms with Gasteiger partial charge in [0.05, 0.1) is 12.5 Å². The molecule has 3 amide bonds. The van der Waals surface area contributed by atoms with Crippen molar-refractivity contribution in [3.05, 3.63) is 42.1 Å². The van der Waals surface area contributed by atoms with Gasteiger partial charge in [0.25, 0.3) is 5.91 Å². The van der Waals surface area contributed by atoms with Crippen LogP contribution in [0, 0.1) is 17.8 Å². The fraction of sp³-hybridized carbons (Fsp3) is 0.548. The third kappa shape index (κ3) is 6.89. The normalized spacial score (nSPS) is 21.6. The van der Waals surface area contributed by atoms with Crippen molar-refractivity contribution in [3.8, 4) is 11.4 Å². The molecule has 1 saturated carbocycles. The molecule has 12 nitrogen and oxygen atoms in total. The summed E-state index contributed by atoms with van der Waals surface area (Å²) < 4.78 is 5.30. The fourth-order valence-corrected chi connectivity index (χ4v) is 6.01. The molecule has 0 radical (unpaired) electrons. The summed E-state index contributed by atoms with van der Waals surface area (Å²) in [6.07, 6.45) is 2.54. The van der Waals surface area contributed by atoms with Crippen LogP contribution in [-0.2, 0) is 14.3 Å². The lowest BCUT2D eigenvalue weighted by Gasteiger charge is -2.36. The topological polar surface area (TPSA) is 145 Å². The van der Waals surface area contributed by atoms with Gasteiger partial charge in [-0.2, -0.15) is 0 Å². The van der Waals surface area contributed by atoms with Crippen LogP contribution in [0.2, 0.25) is 0 Å². The van der Waals surface area contributed by atoms with Gasteiger partial charge < -0.3 is 29.9 Å². The summed E-state index contributed by atoms with van der Waals surface area (Å²) in [6, 6.07) is 10.2. The van der Waals surface area contributed by atoms with Gasteiger partial charge in [-0.3, -0.25) is 14.4 Å². The first kappa shape index (κ1) is 30.2. The number of aromatic nitrogens is 2. The third-order valence-electron chi connectivity index (χ3n) is 8.53. The van der Waals surface area contributed by atoms with Gasteiger partial charge in [0.2, 0.25) is 5.91 Å². The number of carbonyl (C=O) groups is 4. The molecule has 3 aliphatic rings. The van der Waals surface area contributed by atoms with Crippen LogP contribution in [0.5, 0.6) is 0 Å². The Morgan fingerprint density at radius 1 is 0.977 bits per heavy atom. The molecule has 1 aliphatic carbocycles. The molecule has 1 aromatic carbocycles. The van der Waals surface area contributed by atoms with Crippen molar-refractivity contribution in [2.24, 2.45) is 17.8 Å². The Bertz CT molecular complexity index is 1320. The lowest BCUT2D eigenvalue weighted by Crippen LogP contribution is -2.56. The van der Waals surface area contributed by atoms with Gasteiger partial charge in [0, 0.05) is 50.9 Å². The van der Waals surface area contributed by atoms with Crippen LogP contribution in [0.15, 0.2) is 36.4 Å². The van der Waals surface area contributed by atoms with Gasteiger partial charge in [-0.1, -0.05) is 57.0 Å². The number of ether oxygens (including phenoxy) is 1. The number of hydrogen-bond acceptors (Lipinski definition) is 8. The van der Waals surface area contributed by atoms with Gasteiger partial charge in [-0.15, -0.1) is 0 Å². The van der Waals surface area contributed by atoms with Crippen LogP contribution in [0.25, 0.3) is 11.4 Å². The Morgan fingerprint density at radius 3 is 2.28 bits per heavy atom. The number of amides is 3. The highest BCUT2D eigenvalue weighted by Crippen LogP contribution is 2.52. The summed E-state index contributed by atoms with van der Waals surface area (Å²) in [5.74, 6) is -0.629. The Morgan fingerprint density at radius 2 is 1.65 bits per heavy atom. The van der Waals surface area contributed by atoms with Gasteiger partial charge in [0.15, 0.2) is 5.82 Å². The molecule has 3 fully saturated rings. The number of rotatable bonds is 11. The first-order valence-corrected chi connectivity index (χ1v) is 15.2. The Labute approximate surface area is 251 Å². The first-order valence-electron chi connectivity index (χ1n) is 15.2. The Kier molecular flexibility index (Phi) is 9.42. The summed E-state index contributed by atoms with van der Waals surface area (Å²) in [5.41, 5.74) is 0.895. The minimum Gasteiger partial charge on any atom is -0.481 e. The quantitative estimate of drug-likeness (QED) is 0.376. The number of benzene rings is 1. The molecule has 3 heterocycles. The Hall–Kier alpha value is -4.22. The number of carbonyl (C=O) groups excluding carboxylic acids is 3. The van der Waals surface area contributed by atoms with Crippen molar-refractivity contribution < 1.29 is 29.0 Å². The molecule has 2 aliphatic heterocycles. The zero-order valence-corrected chi connectivity index (χ0v) is 24.8. The summed E-state index contributed by atoms with van der Waals surface area (Å²) in [6.45, 7) is 6.96. The van der Waals surface area contributed by atoms with E-state index in [0.717, 1.165) is 18.4 Å². The number of nitrogens with one attached hydrogen (secondary N) is 1. The lowest BCUT2D eigenvalue weighted by molar-refractivity contribution is -0.139. The van der Waals surface area contributed by atoms with Crippen LogP contribution in [0.1, 0.15) is 50.0 Å². The zero-order valence-electron chi connectivity index (χ0n) is 24.8. The lowest BCUT2D eigenvalue weighted by atomic mass is 10.1. The van der Waals surface area contributed by atoms with Gasteiger partial charge >= 0.3 is 12.1 Å². The number of piperazine rings is 1. The van der Waals surface area contributed by atoms with Crippen molar-refractivity contribution in [2.45, 2.75) is 45.6 Å². The SMILES string of the molecule is CCCCOC(=O)N1CCN(C(=O)[C@H](CCC)NC(=O)c2cc(N3C[C@@H]4C(C(=O)O)[C@@H]4C3)nc(-c3ccccc3)n2)CC1. The smallest absolute Gasteiger partial charge is 0.409 e. The van der Waals surface area contributed by atoms with E-state index in [1.54, 1.807) is 15.9 Å². The van der Waals surface area contributed by atoms with Crippen molar-refractivity contribution in [3.63, 3.8) is 0 Å². The number of carboxylic acid groups (broad SMARTS) is 1. The molecular formula is C31H40N6O6. The van der Waals surface area contributed by atoms with E-state index in [1.165, 1.54) is 0 Å². The summed E-state index contributed by atoms with van der Waals surface area (Å²) in [4.78, 5) is 65.5. The molecule has 43 heavy (non-hydrogen) atoms. The number of carboxylic acids is 1. The molecule has 0 spiro atoms. The predicted octanol–water partition coefficient (Wildman–Crippen LogP) is 2.89. The average Bonchev–Trinajstić information content (AvgIpc) is 3.54. The molecule has 4 atom stereocenters. The van der Waals surface area contributed by atoms with Gasteiger partial charge in [0.1, 0.15) is 17.6 Å². The molecule has 230 valence electrons. The Balaban J connectivity index is 1.28.